The first kappa shape index (κ1) is 13.3. The molecule has 2 N–H and O–H groups in total. The summed E-state index contributed by atoms with van der Waals surface area (Å²) < 4.78 is 0. The average Bonchev–Trinajstić information content (AvgIpc) is 2.76. The van der Waals surface area contributed by atoms with E-state index in [4.69, 9.17) is 0 Å². The fraction of sp³-hybridized carbons (Fsp3) is 0.500. The molecule has 2 rings (SSSR count). The van der Waals surface area contributed by atoms with E-state index in [0.717, 1.165) is 11.3 Å². The number of amides is 1. The molecule has 1 saturated heterocycles. The second-order valence-electron chi connectivity index (χ2n) is 4.70. The maximum Gasteiger partial charge on any atom is 0.251 e. The molecule has 1 fully saturated rings. The van der Waals surface area contributed by atoms with Crippen LogP contribution in [0.5, 0.6) is 0 Å². The van der Waals surface area contributed by atoms with Gasteiger partial charge in [-0.1, -0.05) is 6.92 Å². The maximum atomic E-state index is 11.6. The Hall–Kier alpha value is -1.16. The van der Waals surface area contributed by atoms with Crippen LogP contribution in [0, 0.1) is 5.92 Å². The SMILES string of the molecule is CCNC(=O)c1ccc(NC2CSCC2C)cc1. The second-order valence-corrected chi connectivity index (χ2v) is 5.78. The van der Waals surface area contributed by atoms with E-state index in [1.54, 1.807) is 0 Å². The van der Waals surface area contributed by atoms with Gasteiger partial charge in [-0.3, -0.25) is 4.79 Å². The summed E-state index contributed by atoms with van der Waals surface area (Å²) >= 11 is 2.00. The highest BCUT2D eigenvalue weighted by Crippen LogP contribution is 2.26. The molecule has 98 valence electrons. The monoisotopic (exact) mass is 264 g/mol. The van der Waals surface area contributed by atoms with Crippen LogP contribution < -0.4 is 10.6 Å². The molecule has 0 bridgehead atoms. The highest BCUT2D eigenvalue weighted by molar-refractivity contribution is 7.99. The largest absolute Gasteiger partial charge is 0.381 e. The molecule has 4 heteroatoms. The number of carbonyl (C=O) groups excluding carboxylic acids is 1. The number of thioether (sulfide) groups is 1. The van der Waals surface area contributed by atoms with Gasteiger partial charge in [0, 0.05) is 29.6 Å². The van der Waals surface area contributed by atoms with Gasteiger partial charge in [0.2, 0.25) is 0 Å². The van der Waals surface area contributed by atoms with Gasteiger partial charge in [-0.2, -0.15) is 11.8 Å². The molecule has 2 unspecified atom stereocenters. The van der Waals surface area contributed by atoms with E-state index >= 15 is 0 Å². The van der Waals surface area contributed by atoms with Gasteiger partial charge in [0.15, 0.2) is 0 Å². The second kappa shape index (κ2) is 6.14. The van der Waals surface area contributed by atoms with Crippen LogP contribution in [-0.2, 0) is 0 Å². The van der Waals surface area contributed by atoms with E-state index in [1.165, 1.54) is 11.5 Å². The van der Waals surface area contributed by atoms with Gasteiger partial charge in [0.25, 0.3) is 5.91 Å². The van der Waals surface area contributed by atoms with Gasteiger partial charge in [0.05, 0.1) is 0 Å². The Morgan fingerprint density at radius 1 is 1.33 bits per heavy atom. The van der Waals surface area contributed by atoms with E-state index in [0.29, 0.717) is 18.5 Å². The van der Waals surface area contributed by atoms with Gasteiger partial charge < -0.3 is 10.6 Å². The summed E-state index contributed by atoms with van der Waals surface area (Å²) in [6, 6.07) is 8.27. The molecule has 1 aromatic carbocycles. The van der Waals surface area contributed by atoms with Gasteiger partial charge >= 0.3 is 0 Å². The molecule has 1 heterocycles. The third kappa shape index (κ3) is 3.19. The van der Waals surface area contributed by atoms with Crippen molar-refractivity contribution >= 4 is 23.4 Å². The maximum absolute atomic E-state index is 11.6. The van der Waals surface area contributed by atoms with Crippen molar-refractivity contribution in [3.8, 4) is 0 Å². The number of hydrogen-bond donors (Lipinski definition) is 2. The summed E-state index contributed by atoms with van der Waals surface area (Å²) in [7, 11) is 0. The van der Waals surface area contributed by atoms with Crippen molar-refractivity contribution in [2.24, 2.45) is 5.92 Å². The topological polar surface area (TPSA) is 41.1 Å². The van der Waals surface area contributed by atoms with Gasteiger partial charge in [-0.15, -0.1) is 0 Å². The van der Waals surface area contributed by atoms with Crippen molar-refractivity contribution < 1.29 is 4.79 Å². The number of carbonyl (C=O) groups is 1. The average molecular weight is 264 g/mol. The molecule has 2 atom stereocenters. The number of nitrogens with one attached hydrogen (secondary N) is 2. The standard InChI is InChI=1S/C14H20N2OS/c1-3-15-14(17)11-4-6-12(7-5-11)16-13-9-18-8-10(13)2/h4-7,10,13,16H,3,8-9H2,1-2H3,(H,15,17). The molecule has 1 aliphatic heterocycles. The van der Waals surface area contributed by atoms with E-state index in [2.05, 4.69) is 17.6 Å². The molecule has 0 aromatic heterocycles. The Balaban J connectivity index is 1.97. The Labute approximate surface area is 113 Å². The normalized spacial score (nSPS) is 22.8. The number of rotatable bonds is 4. The third-order valence-electron chi connectivity index (χ3n) is 3.20. The van der Waals surface area contributed by atoms with Crippen LogP contribution >= 0.6 is 11.8 Å². The van der Waals surface area contributed by atoms with Crippen LogP contribution in [0.4, 0.5) is 5.69 Å². The molecule has 1 aromatic rings. The first-order valence-corrected chi connectivity index (χ1v) is 7.58. The fourth-order valence-electron chi connectivity index (χ4n) is 2.04. The van der Waals surface area contributed by atoms with Crippen LogP contribution in [-0.4, -0.2) is 30.0 Å². The Morgan fingerprint density at radius 3 is 2.61 bits per heavy atom. The summed E-state index contributed by atoms with van der Waals surface area (Å²) in [6.07, 6.45) is 0. The first-order valence-electron chi connectivity index (χ1n) is 6.43. The summed E-state index contributed by atoms with van der Waals surface area (Å²) in [5, 5.41) is 6.33. The molecule has 18 heavy (non-hydrogen) atoms. The Kier molecular flexibility index (Phi) is 4.53. The zero-order valence-electron chi connectivity index (χ0n) is 10.9. The molecule has 0 radical (unpaired) electrons. The van der Waals surface area contributed by atoms with E-state index in [9.17, 15) is 4.79 Å². The zero-order valence-corrected chi connectivity index (χ0v) is 11.7. The van der Waals surface area contributed by atoms with Crippen molar-refractivity contribution in [1.29, 1.82) is 0 Å². The molecular weight excluding hydrogens is 244 g/mol. The number of hydrogen-bond acceptors (Lipinski definition) is 3. The van der Waals surface area contributed by atoms with Crippen molar-refractivity contribution in [2.45, 2.75) is 19.9 Å². The van der Waals surface area contributed by atoms with E-state index < -0.39 is 0 Å². The lowest BCUT2D eigenvalue weighted by Gasteiger charge is -2.17. The van der Waals surface area contributed by atoms with Gasteiger partial charge in [-0.25, -0.2) is 0 Å². The van der Waals surface area contributed by atoms with Gasteiger partial charge in [0.1, 0.15) is 0 Å². The quantitative estimate of drug-likeness (QED) is 0.878. The molecule has 0 saturated carbocycles. The van der Waals surface area contributed by atoms with Crippen molar-refractivity contribution in [3.05, 3.63) is 29.8 Å². The summed E-state index contributed by atoms with van der Waals surface area (Å²) in [6.45, 7) is 4.86. The Morgan fingerprint density at radius 2 is 2.06 bits per heavy atom. The minimum Gasteiger partial charge on any atom is -0.381 e. The van der Waals surface area contributed by atoms with Crippen molar-refractivity contribution in [1.82, 2.24) is 5.32 Å². The summed E-state index contributed by atoms with van der Waals surface area (Å²) in [4.78, 5) is 11.6. The molecule has 1 amide bonds. The molecule has 0 spiro atoms. The van der Waals surface area contributed by atoms with Crippen LogP contribution in [0.3, 0.4) is 0 Å². The van der Waals surface area contributed by atoms with Crippen LogP contribution in [0.15, 0.2) is 24.3 Å². The predicted molar refractivity (Wildman–Crippen MR) is 78.3 cm³/mol. The smallest absolute Gasteiger partial charge is 0.251 e. The molecule has 1 aliphatic rings. The predicted octanol–water partition coefficient (Wildman–Crippen LogP) is 2.60. The highest BCUT2D eigenvalue weighted by Gasteiger charge is 2.23. The molecule has 3 nitrogen and oxygen atoms in total. The highest BCUT2D eigenvalue weighted by atomic mass is 32.2. The van der Waals surface area contributed by atoms with E-state index in [-0.39, 0.29) is 5.91 Å². The minimum atomic E-state index is -0.00570. The lowest BCUT2D eigenvalue weighted by Crippen LogP contribution is -2.25. The van der Waals surface area contributed by atoms with Crippen LogP contribution in [0.2, 0.25) is 0 Å². The van der Waals surface area contributed by atoms with E-state index in [1.807, 2.05) is 43.0 Å². The summed E-state index contributed by atoms with van der Waals surface area (Å²) in [5.74, 6) is 3.10. The number of benzene rings is 1. The first-order chi connectivity index (χ1) is 8.70. The lowest BCUT2D eigenvalue weighted by molar-refractivity contribution is 0.0956. The van der Waals surface area contributed by atoms with Crippen molar-refractivity contribution in [3.63, 3.8) is 0 Å². The number of anilines is 1. The Bertz CT molecular complexity index is 405. The minimum absolute atomic E-state index is 0.00570. The molecule has 0 aliphatic carbocycles. The fourth-order valence-corrected chi connectivity index (χ4v) is 3.45. The van der Waals surface area contributed by atoms with Gasteiger partial charge in [-0.05, 0) is 42.9 Å². The molecular formula is C14H20N2OS. The van der Waals surface area contributed by atoms with Crippen molar-refractivity contribution in [2.75, 3.05) is 23.4 Å². The third-order valence-corrected chi connectivity index (χ3v) is 4.56. The summed E-state index contributed by atoms with van der Waals surface area (Å²) in [5.41, 5.74) is 1.82. The van der Waals surface area contributed by atoms with Crippen LogP contribution in [0.25, 0.3) is 0 Å². The lowest BCUT2D eigenvalue weighted by atomic mass is 10.1. The zero-order chi connectivity index (χ0) is 13.0. The van der Waals surface area contributed by atoms with Crippen LogP contribution in [0.1, 0.15) is 24.2 Å².